The number of rotatable bonds is 4. The summed E-state index contributed by atoms with van der Waals surface area (Å²) in [6.45, 7) is 0. The van der Waals surface area contributed by atoms with Crippen LogP contribution in [0.25, 0.3) is 10.9 Å². The Hall–Kier alpha value is -2.38. The average Bonchev–Trinajstić information content (AvgIpc) is 2.94. The monoisotopic (exact) mass is 293 g/mol. The zero-order chi connectivity index (χ0) is 15.6. The Morgan fingerprint density at radius 2 is 1.90 bits per heavy atom. The van der Waals surface area contributed by atoms with Crippen molar-refractivity contribution in [1.29, 1.82) is 0 Å². The molecule has 0 aliphatic heterocycles. The van der Waals surface area contributed by atoms with Crippen molar-refractivity contribution in [1.82, 2.24) is 4.98 Å². The maximum atomic E-state index is 11.6. The number of methoxy groups -OCH3 is 2. The molecule has 2 unspecified atom stereocenters. The molecule has 1 heterocycles. The summed E-state index contributed by atoms with van der Waals surface area (Å²) in [4.78, 5) is 25.8. The number of aliphatic hydroxyl groups excluding tert-OH is 2. The molecule has 0 aliphatic carbocycles. The fourth-order valence-electron chi connectivity index (χ4n) is 2.03. The molecule has 112 valence electrons. The Morgan fingerprint density at radius 1 is 1.19 bits per heavy atom. The summed E-state index contributed by atoms with van der Waals surface area (Å²) in [5.74, 6) is -1.47. The lowest BCUT2D eigenvalue weighted by molar-refractivity contribution is -0.156. The number of carbonyl (C=O) groups is 2. The fourth-order valence-corrected chi connectivity index (χ4v) is 2.03. The molecule has 3 N–H and O–H groups in total. The predicted molar refractivity (Wildman–Crippen MR) is 72.6 cm³/mol. The highest BCUT2D eigenvalue weighted by molar-refractivity contribution is 6.04. The number of aromatic amines is 1. The summed E-state index contributed by atoms with van der Waals surface area (Å²) in [6.07, 6.45) is -1.67. The van der Waals surface area contributed by atoms with Crippen LogP contribution in [0.1, 0.15) is 22.0 Å². The Morgan fingerprint density at radius 3 is 2.52 bits per heavy atom. The average molecular weight is 293 g/mol. The Bertz CT molecular complexity index is 677. The van der Waals surface area contributed by atoms with E-state index in [0.717, 1.165) is 7.11 Å². The van der Waals surface area contributed by atoms with Crippen LogP contribution in [0.2, 0.25) is 0 Å². The second-order valence-electron chi connectivity index (χ2n) is 4.41. The van der Waals surface area contributed by atoms with Gasteiger partial charge in [-0.15, -0.1) is 0 Å². The van der Waals surface area contributed by atoms with Gasteiger partial charge in [-0.25, -0.2) is 9.59 Å². The van der Waals surface area contributed by atoms with Gasteiger partial charge in [0, 0.05) is 17.1 Å². The van der Waals surface area contributed by atoms with Crippen molar-refractivity contribution in [3.63, 3.8) is 0 Å². The van der Waals surface area contributed by atoms with Crippen molar-refractivity contribution in [2.24, 2.45) is 0 Å². The highest BCUT2D eigenvalue weighted by Gasteiger charge is 2.27. The van der Waals surface area contributed by atoms with Crippen molar-refractivity contribution < 1.29 is 29.3 Å². The number of carbonyl (C=O) groups excluding carboxylic acids is 2. The zero-order valence-electron chi connectivity index (χ0n) is 11.5. The molecular weight excluding hydrogens is 278 g/mol. The number of hydrogen-bond acceptors (Lipinski definition) is 6. The number of nitrogens with one attached hydrogen (secondary N) is 1. The molecule has 0 spiro atoms. The van der Waals surface area contributed by atoms with E-state index < -0.39 is 24.1 Å². The predicted octanol–water partition coefficient (Wildman–Crippen LogP) is 0.522. The maximum Gasteiger partial charge on any atom is 0.340 e. The van der Waals surface area contributed by atoms with Gasteiger partial charge in [-0.05, 0) is 17.7 Å². The molecule has 2 rings (SSSR count). The van der Waals surface area contributed by atoms with E-state index in [1.165, 1.54) is 25.4 Å². The van der Waals surface area contributed by atoms with Crippen LogP contribution in [0.3, 0.4) is 0 Å². The highest BCUT2D eigenvalue weighted by Crippen LogP contribution is 2.25. The van der Waals surface area contributed by atoms with Crippen molar-refractivity contribution in [3.05, 3.63) is 35.5 Å². The van der Waals surface area contributed by atoms with E-state index in [1.54, 1.807) is 6.07 Å². The lowest BCUT2D eigenvalue weighted by Gasteiger charge is -2.16. The quantitative estimate of drug-likeness (QED) is 0.709. The number of hydrogen-bond donors (Lipinski definition) is 3. The van der Waals surface area contributed by atoms with Gasteiger partial charge in [0.15, 0.2) is 6.10 Å². The van der Waals surface area contributed by atoms with Crippen LogP contribution >= 0.6 is 0 Å². The van der Waals surface area contributed by atoms with Gasteiger partial charge in [-0.3, -0.25) is 0 Å². The minimum Gasteiger partial charge on any atom is -0.467 e. The summed E-state index contributed by atoms with van der Waals surface area (Å²) < 4.78 is 9.04. The zero-order valence-corrected chi connectivity index (χ0v) is 11.5. The summed E-state index contributed by atoms with van der Waals surface area (Å²) in [7, 11) is 2.38. The smallest absolute Gasteiger partial charge is 0.340 e. The minimum absolute atomic E-state index is 0.283. The molecule has 7 nitrogen and oxygen atoms in total. The molecule has 2 aromatic rings. The first-order valence-corrected chi connectivity index (χ1v) is 6.13. The van der Waals surface area contributed by atoms with Gasteiger partial charge in [-0.1, -0.05) is 6.07 Å². The number of fused-ring (bicyclic) bond motifs is 1. The number of aliphatic hydroxyl groups is 2. The third kappa shape index (κ3) is 2.74. The van der Waals surface area contributed by atoms with E-state index in [0.29, 0.717) is 16.5 Å². The van der Waals surface area contributed by atoms with Gasteiger partial charge in [0.05, 0.1) is 19.8 Å². The lowest BCUT2D eigenvalue weighted by atomic mass is 10.0. The molecule has 1 aromatic heterocycles. The second kappa shape index (κ2) is 5.94. The summed E-state index contributed by atoms with van der Waals surface area (Å²) >= 11 is 0. The van der Waals surface area contributed by atoms with E-state index in [4.69, 9.17) is 0 Å². The SMILES string of the molecule is COC(=O)c1c[nH]c2ccc(C(O)C(O)C(=O)OC)cc12. The molecule has 0 saturated heterocycles. The standard InChI is InChI=1S/C14H15NO6/c1-20-13(18)9-6-15-10-4-3-7(5-8(9)10)11(16)12(17)14(19)21-2/h3-6,11-12,15-17H,1-2H3. The molecule has 7 heteroatoms. The fraction of sp³-hybridized carbons (Fsp3) is 0.286. The van der Waals surface area contributed by atoms with Gasteiger partial charge < -0.3 is 24.7 Å². The number of esters is 2. The van der Waals surface area contributed by atoms with Crippen LogP contribution in [0.4, 0.5) is 0 Å². The van der Waals surface area contributed by atoms with Crippen LogP contribution in [0.5, 0.6) is 0 Å². The van der Waals surface area contributed by atoms with E-state index in [2.05, 4.69) is 14.5 Å². The Balaban J connectivity index is 2.42. The Kier molecular flexibility index (Phi) is 4.25. The number of H-pyrrole nitrogens is 1. The van der Waals surface area contributed by atoms with E-state index in [-0.39, 0.29) is 5.56 Å². The number of aromatic nitrogens is 1. The first-order chi connectivity index (χ1) is 9.99. The molecule has 0 bridgehead atoms. The molecule has 21 heavy (non-hydrogen) atoms. The van der Waals surface area contributed by atoms with Crippen molar-refractivity contribution in [2.75, 3.05) is 14.2 Å². The normalized spacial score (nSPS) is 13.7. The molecule has 0 amide bonds. The van der Waals surface area contributed by atoms with Crippen LogP contribution in [0, 0.1) is 0 Å². The molecule has 2 atom stereocenters. The largest absolute Gasteiger partial charge is 0.467 e. The highest BCUT2D eigenvalue weighted by atomic mass is 16.5. The molecule has 0 radical (unpaired) electrons. The van der Waals surface area contributed by atoms with E-state index >= 15 is 0 Å². The first-order valence-electron chi connectivity index (χ1n) is 6.13. The van der Waals surface area contributed by atoms with Crippen LogP contribution < -0.4 is 0 Å². The van der Waals surface area contributed by atoms with Crippen LogP contribution in [-0.4, -0.2) is 47.5 Å². The molecule has 0 saturated carbocycles. The third-order valence-corrected chi connectivity index (χ3v) is 3.19. The molecule has 0 fully saturated rings. The van der Waals surface area contributed by atoms with Gasteiger partial charge in [-0.2, -0.15) is 0 Å². The molecular formula is C14H15NO6. The lowest BCUT2D eigenvalue weighted by Crippen LogP contribution is -2.29. The summed E-state index contributed by atoms with van der Waals surface area (Å²) in [6, 6.07) is 4.68. The van der Waals surface area contributed by atoms with Crippen LogP contribution in [0.15, 0.2) is 24.4 Å². The number of benzene rings is 1. The van der Waals surface area contributed by atoms with E-state index in [9.17, 15) is 19.8 Å². The first kappa shape index (κ1) is 15.0. The van der Waals surface area contributed by atoms with Gasteiger partial charge >= 0.3 is 11.9 Å². The second-order valence-corrected chi connectivity index (χ2v) is 4.41. The number of ether oxygens (including phenoxy) is 2. The van der Waals surface area contributed by atoms with Gasteiger partial charge in [0.25, 0.3) is 0 Å². The molecule has 0 aliphatic rings. The van der Waals surface area contributed by atoms with Gasteiger partial charge in [0.2, 0.25) is 0 Å². The third-order valence-electron chi connectivity index (χ3n) is 3.19. The molecule has 1 aromatic carbocycles. The summed E-state index contributed by atoms with van der Waals surface area (Å²) in [5, 5.41) is 20.2. The van der Waals surface area contributed by atoms with Crippen molar-refractivity contribution in [3.8, 4) is 0 Å². The van der Waals surface area contributed by atoms with Crippen molar-refractivity contribution >= 4 is 22.8 Å². The van der Waals surface area contributed by atoms with Crippen LogP contribution in [-0.2, 0) is 14.3 Å². The van der Waals surface area contributed by atoms with E-state index in [1.807, 2.05) is 0 Å². The maximum absolute atomic E-state index is 11.6. The topological polar surface area (TPSA) is 109 Å². The van der Waals surface area contributed by atoms with Crippen molar-refractivity contribution in [2.45, 2.75) is 12.2 Å². The Labute approximate surface area is 120 Å². The summed E-state index contributed by atoms with van der Waals surface area (Å²) in [5.41, 5.74) is 1.25. The minimum atomic E-state index is -1.70. The van der Waals surface area contributed by atoms with Gasteiger partial charge in [0.1, 0.15) is 6.10 Å².